The third kappa shape index (κ3) is 4.09. The van der Waals surface area contributed by atoms with Crippen molar-refractivity contribution < 1.29 is 13.2 Å². The third-order valence-corrected chi connectivity index (χ3v) is 6.47. The summed E-state index contributed by atoms with van der Waals surface area (Å²) in [5.41, 5.74) is 2.73. The van der Waals surface area contributed by atoms with Crippen molar-refractivity contribution in [1.82, 2.24) is 14.9 Å². The minimum atomic E-state index is -4.18. The largest absolute Gasteiger partial charge is 0.393 e. The second kappa shape index (κ2) is 7.57. The summed E-state index contributed by atoms with van der Waals surface area (Å²) in [5.74, 6) is -0.897. The molecule has 1 fully saturated rings. The number of aromatic nitrogens is 2. The minimum Gasteiger partial charge on any atom is -0.309 e. The van der Waals surface area contributed by atoms with Crippen molar-refractivity contribution in [3.63, 3.8) is 0 Å². The molecule has 0 saturated carbocycles. The highest BCUT2D eigenvalue weighted by atomic mass is 32.1. The van der Waals surface area contributed by atoms with Crippen molar-refractivity contribution in [2.24, 2.45) is 5.92 Å². The van der Waals surface area contributed by atoms with E-state index in [1.807, 2.05) is 38.1 Å². The molecule has 1 aliphatic heterocycles. The van der Waals surface area contributed by atoms with Crippen LogP contribution in [0.1, 0.15) is 29.1 Å². The molecule has 4 rings (SSSR count). The third-order valence-electron chi connectivity index (χ3n) is 5.47. The van der Waals surface area contributed by atoms with Gasteiger partial charge in [0.25, 0.3) is 5.56 Å². The maximum Gasteiger partial charge on any atom is 0.393 e. The van der Waals surface area contributed by atoms with Crippen LogP contribution in [0.15, 0.2) is 29.1 Å². The maximum absolute atomic E-state index is 13.1. The van der Waals surface area contributed by atoms with E-state index in [0.29, 0.717) is 29.0 Å². The summed E-state index contributed by atoms with van der Waals surface area (Å²) in [6.07, 6.45) is -3.53. The highest BCUT2D eigenvalue weighted by Crippen LogP contribution is 2.36. The van der Waals surface area contributed by atoms with Crippen molar-refractivity contribution in [2.75, 3.05) is 13.1 Å². The second-order valence-corrected chi connectivity index (χ2v) is 8.91. The molecule has 8 heteroatoms. The lowest BCUT2D eigenvalue weighted by molar-refractivity contribution is -0.187. The van der Waals surface area contributed by atoms with Gasteiger partial charge >= 0.3 is 6.18 Å². The molecule has 3 aromatic rings. The Morgan fingerprint density at radius 1 is 1.24 bits per heavy atom. The Labute approximate surface area is 170 Å². The number of benzene rings is 1. The van der Waals surface area contributed by atoms with Crippen LogP contribution in [0.3, 0.4) is 0 Å². The molecule has 1 unspecified atom stereocenters. The first-order valence-corrected chi connectivity index (χ1v) is 10.4. The average Bonchev–Trinajstić information content (AvgIpc) is 2.98. The normalized spacial score (nSPS) is 18.4. The molecule has 154 valence electrons. The van der Waals surface area contributed by atoms with Crippen LogP contribution < -0.4 is 5.56 Å². The number of nitrogens with one attached hydrogen (secondary N) is 1. The van der Waals surface area contributed by atoms with Crippen LogP contribution in [0, 0.1) is 19.8 Å². The molecule has 3 heterocycles. The Hall–Kier alpha value is -2.19. The Bertz CT molecular complexity index is 1090. The average molecular weight is 421 g/mol. The smallest absolute Gasteiger partial charge is 0.309 e. The van der Waals surface area contributed by atoms with Crippen LogP contribution in [-0.4, -0.2) is 34.1 Å². The Morgan fingerprint density at radius 2 is 1.97 bits per heavy atom. The molecule has 0 radical (unpaired) electrons. The lowest BCUT2D eigenvalue weighted by Crippen LogP contribution is -2.41. The van der Waals surface area contributed by atoms with Crippen LogP contribution in [-0.2, 0) is 6.54 Å². The Balaban J connectivity index is 1.65. The Kier molecular flexibility index (Phi) is 5.25. The number of aromatic amines is 1. The number of H-pyrrole nitrogens is 1. The maximum atomic E-state index is 13.1. The zero-order valence-corrected chi connectivity index (χ0v) is 17.1. The molecule has 0 spiro atoms. The number of nitrogens with zero attached hydrogens (tertiary/aromatic N) is 2. The van der Waals surface area contributed by atoms with Gasteiger partial charge < -0.3 is 4.98 Å². The van der Waals surface area contributed by atoms with E-state index in [1.54, 1.807) is 4.90 Å². The standard InChI is InChI=1S/C21H22F3N3OS/c1-12-5-7-14(8-6-12)17-13(2)29-20-18(17)19(28)25-16(26-20)11-27-9-3-4-15(10-27)21(22,23)24/h5-8,15H,3-4,9-11H2,1-2H3,(H,25,26,28). The highest BCUT2D eigenvalue weighted by Gasteiger charge is 2.41. The molecule has 0 amide bonds. The molecule has 1 saturated heterocycles. The van der Waals surface area contributed by atoms with E-state index in [9.17, 15) is 18.0 Å². The van der Waals surface area contributed by atoms with E-state index in [4.69, 9.17) is 0 Å². The summed E-state index contributed by atoms with van der Waals surface area (Å²) >= 11 is 1.44. The zero-order chi connectivity index (χ0) is 20.8. The van der Waals surface area contributed by atoms with E-state index in [1.165, 1.54) is 11.3 Å². The molecule has 0 aliphatic carbocycles. The number of likely N-dealkylation sites (tertiary alicyclic amines) is 1. The summed E-state index contributed by atoms with van der Waals surface area (Å²) in [5, 5.41) is 0.548. The number of piperidine rings is 1. The summed E-state index contributed by atoms with van der Waals surface area (Å²) in [6.45, 7) is 4.70. The van der Waals surface area contributed by atoms with Crippen LogP contribution in [0.5, 0.6) is 0 Å². The highest BCUT2D eigenvalue weighted by molar-refractivity contribution is 7.19. The van der Waals surface area contributed by atoms with Gasteiger partial charge in [-0.25, -0.2) is 4.98 Å². The van der Waals surface area contributed by atoms with Crippen molar-refractivity contribution in [2.45, 2.75) is 39.4 Å². The van der Waals surface area contributed by atoms with Crippen LogP contribution in [0.2, 0.25) is 0 Å². The van der Waals surface area contributed by atoms with Crippen LogP contribution >= 0.6 is 11.3 Å². The lowest BCUT2D eigenvalue weighted by Gasteiger charge is -2.33. The summed E-state index contributed by atoms with van der Waals surface area (Å²) < 4.78 is 39.2. The van der Waals surface area contributed by atoms with Gasteiger partial charge in [-0.3, -0.25) is 9.69 Å². The van der Waals surface area contributed by atoms with Crippen molar-refractivity contribution in [3.8, 4) is 11.1 Å². The predicted molar refractivity (Wildman–Crippen MR) is 109 cm³/mol. The van der Waals surface area contributed by atoms with Gasteiger partial charge in [0.1, 0.15) is 10.7 Å². The molecule has 1 aliphatic rings. The number of aryl methyl sites for hydroxylation is 2. The fourth-order valence-corrected chi connectivity index (χ4v) is 5.05. The minimum absolute atomic E-state index is 0.0522. The molecule has 0 bridgehead atoms. The van der Waals surface area contributed by atoms with E-state index >= 15 is 0 Å². The van der Waals surface area contributed by atoms with E-state index in [2.05, 4.69) is 9.97 Å². The van der Waals surface area contributed by atoms with Gasteiger partial charge in [0.05, 0.1) is 17.8 Å². The van der Waals surface area contributed by atoms with E-state index in [0.717, 1.165) is 21.6 Å². The predicted octanol–water partition coefficient (Wildman–Crippen LogP) is 5.04. The van der Waals surface area contributed by atoms with Gasteiger partial charge in [0.15, 0.2) is 0 Å². The number of alkyl halides is 3. The SMILES string of the molecule is Cc1ccc(-c2c(C)sc3nc(CN4CCCC(C(F)(F)F)C4)[nH]c(=O)c23)cc1. The summed E-state index contributed by atoms with van der Waals surface area (Å²) in [6, 6.07) is 7.98. The second-order valence-electron chi connectivity index (χ2n) is 7.71. The fourth-order valence-electron chi connectivity index (χ4n) is 3.98. The van der Waals surface area contributed by atoms with Crippen molar-refractivity contribution >= 4 is 21.6 Å². The fraction of sp³-hybridized carbons (Fsp3) is 0.429. The summed E-state index contributed by atoms with van der Waals surface area (Å²) in [4.78, 5) is 23.6. The van der Waals surface area contributed by atoms with Crippen LogP contribution in [0.25, 0.3) is 21.3 Å². The molecule has 2 aromatic heterocycles. The molecule has 29 heavy (non-hydrogen) atoms. The first-order valence-electron chi connectivity index (χ1n) is 9.61. The Morgan fingerprint density at radius 3 is 2.66 bits per heavy atom. The summed E-state index contributed by atoms with van der Waals surface area (Å²) in [7, 11) is 0. The van der Waals surface area contributed by atoms with Gasteiger partial charge in [-0.1, -0.05) is 29.8 Å². The quantitative estimate of drug-likeness (QED) is 0.644. The molecule has 1 N–H and O–H groups in total. The number of fused-ring (bicyclic) bond motifs is 1. The first kappa shape index (κ1) is 20.1. The molecular weight excluding hydrogens is 399 g/mol. The lowest BCUT2D eigenvalue weighted by atomic mass is 9.97. The molecule has 1 atom stereocenters. The van der Waals surface area contributed by atoms with E-state index < -0.39 is 12.1 Å². The number of rotatable bonds is 3. The van der Waals surface area contributed by atoms with Crippen molar-refractivity contribution in [1.29, 1.82) is 0 Å². The molecule has 1 aromatic carbocycles. The van der Waals surface area contributed by atoms with E-state index in [-0.39, 0.29) is 25.1 Å². The van der Waals surface area contributed by atoms with Gasteiger partial charge in [-0.2, -0.15) is 13.2 Å². The monoisotopic (exact) mass is 421 g/mol. The topological polar surface area (TPSA) is 49.0 Å². The zero-order valence-electron chi connectivity index (χ0n) is 16.3. The molecule has 4 nitrogen and oxygen atoms in total. The molecular formula is C21H22F3N3OS. The van der Waals surface area contributed by atoms with Gasteiger partial charge in [-0.15, -0.1) is 11.3 Å². The van der Waals surface area contributed by atoms with Crippen LogP contribution in [0.4, 0.5) is 13.2 Å². The van der Waals surface area contributed by atoms with Crippen molar-refractivity contribution in [3.05, 3.63) is 50.9 Å². The first-order chi connectivity index (χ1) is 13.7. The number of thiophene rings is 1. The van der Waals surface area contributed by atoms with Gasteiger partial charge in [0, 0.05) is 17.0 Å². The van der Waals surface area contributed by atoms with Gasteiger partial charge in [-0.05, 0) is 38.8 Å². The number of halogens is 3. The number of hydrogen-bond donors (Lipinski definition) is 1. The number of hydrogen-bond acceptors (Lipinski definition) is 4. The van der Waals surface area contributed by atoms with Gasteiger partial charge in [0.2, 0.25) is 0 Å².